The van der Waals surface area contributed by atoms with Crippen LogP contribution < -0.4 is 11.1 Å². The van der Waals surface area contributed by atoms with Crippen molar-refractivity contribution in [3.05, 3.63) is 0 Å². The number of hydrogen-bond acceptors (Lipinski definition) is 3. The van der Waals surface area contributed by atoms with Gasteiger partial charge >= 0.3 is 6.03 Å². The van der Waals surface area contributed by atoms with E-state index in [1.807, 2.05) is 4.90 Å². The molecule has 0 radical (unpaired) electrons. The molecule has 13 heavy (non-hydrogen) atoms. The number of nitrogens with two attached hydrogens (primary N) is 1. The van der Waals surface area contributed by atoms with E-state index in [1.165, 1.54) is 0 Å². The quantitative estimate of drug-likeness (QED) is 0.670. The second kappa shape index (κ2) is 3.75. The number of nitrogens with zero attached hydrogens (tertiary/aromatic N) is 1. The lowest BCUT2D eigenvalue weighted by molar-refractivity contribution is 0.196. The first-order valence-corrected chi connectivity index (χ1v) is 5.81. The van der Waals surface area contributed by atoms with Gasteiger partial charge in [-0.1, -0.05) is 0 Å². The fourth-order valence-corrected chi connectivity index (χ4v) is 2.61. The molecule has 0 aromatic heterocycles. The van der Waals surface area contributed by atoms with Crippen LogP contribution in [0.25, 0.3) is 0 Å². The van der Waals surface area contributed by atoms with E-state index >= 15 is 0 Å². The lowest BCUT2D eigenvalue weighted by Gasteiger charge is -2.22. The standard InChI is InChI=1S/C8H15N3OS/c9-3-7-4-13-5-11(7)8(12)10-6-1-2-6/h6-7H,1-5,9H2,(H,10,12). The maximum absolute atomic E-state index is 11.6. The van der Waals surface area contributed by atoms with Crippen LogP contribution in [0.3, 0.4) is 0 Å². The number of nitrogens with one attached hydrogen (secondary N) is 1. The molecule has 0 bridgehead atoms. The second-order valence-electron chi connectivity index (χ2n) is 3.58. The maximum atomic E-state index is 11.6. The summed E-state index contributed by atoms with van der Waals surface area (Å²) in [7, 11) is 0. The van der Waals surface area contributed by atoms with Gasteiger partial charge in [-0.25, -0.2) is 4.79 Å². The first-order valence-electron chi connectivity index (χ1n) is 4.66. The van der Waals surface area contributed by atoms with Gasteiger partial charge in [0.2, 0.25) is 0 Å². The molecule has 3 N–H and O–H groups in total. The molecule has 0 aromatic rings. The van der Waals surface area contributed by atoms with Crippen LogP contribution in [0.15, 0.2) is 0 Å². The van der Waals surface area contributed by atoms with Crippen LogP contribution in [0.2, 0.25) is 0 Å². The van der Waals surface area contributed by atoms with Crippen molar-refractivity contribution in [1.29, 1.82) is 0 Å². The fraction of sp³-hybridized carbons (Fsp3) is 0.875. The summed E-state index contributed by atoms with van der Waals surface area (Å²) in [4.78, 5) is 13.5. The van der Waals surface area contributed by atoms with Crippen molar-refractivity contribution in [3.63, 3.8) is 0 Å². The molecule has 2 fully saturated rings. The zero-order valence-corrected chi connectivity index (χ0v) is 8.35. The topological polar surface area (TPSA) is 58.4 Å². The van der Waals surface area contributed by atoms with Gasteiger partial charge in [0.15, 0.2) is 0 Å². The molecule has 1 heterocycles. The summed E-state index contributed by atoms with van der Waals surface area (Å²) in [6.07, 6.45) is 2.28. The highest BCUT2D eigenvalue weighted by Crippen LogP contribution is 2.23. The third-order valence-electron chi connectivity index (χ3n) is 2.42. The minimum atomic E-state index is 0.0722. The number of thioether (sulfide) groups is 1. The Labute approximate surface area is 82.2 Å². The predicted molar refractivity (Wildman–Crippen MR) is 53.6 cm³/mol. The molecule has 2 rings (SSSR count). The van der Waals surface area contributed by atoms with E-state index in [-0.39, 0.29) is 12.1 Å². The largest absolute Gasteiger partial charge is 0.335 e. The van der Waals surface area contributed by atoms with E-state index in [1.54, 1.807) is 11.8 Å². The van der Waals surface area contributed by atoms with Crippen molar-refractivity contribution in [2.24, 2.45) is 5.73 Å². The average molecular weight is 201 g/mol. The van der Waals surface area contributed by atoms with Gasteiger partial charge in [0.25, 0.3) is 0 Å². The lowest BCUT2D eigenvalue weighted by Crippen LogP contribution is -2.47. The number of carbonyl (C=O) groups excluding carboxylic acids is 1. The van der Waals surface area contributed by atoms with E-state index in [0.717, 1.165) is 24.5 Å². The number of carbonyl (C=O) groups is 1. The summed E-state index contributed by atoms with van der Waals surface area (Å²) >= 11 is 1.78. The summed E-state index contributed by atoms with van der Waals surface area (Å²) in [5.74, 6) is 1.77. The Kier molecular flexibility index (Phi) is 2.64. The Morgan fingerprint density at radius 1 is 1.62 bits per heavy atom. The number of rotatable bonds is 2. The van der Waals surface area contributed by atoms with E-state index in [0.29, 0.717) is 12.6 Å². The molecule has 1 unspecified atom stereocenters. The van der Waals surface area contributed by atoms with Crippen LogP contribution in [0.4, 0.5) is 4.79 Å². The first kappa shape index (κ1) is 9.15. The maximum Gasteiger partial charge on any atom is 0.318 e. The van der Waals surface area contributed by atoms with Crippen molar-refractivity contribution < 1.29 is 4.79 Å². The molecule has 1 atom stereocenters. The highest BCUT2D eigenvalue weighted by atomic mass is 32.2. The molecule has 0 spiro atoms. The van der Waals surface area contributed by atoms with E-state index in [4.69, 9.17) is 5.73 Å². The molecule has 1 aliphatic carbocycles. The van der Waals surface area contributed by atoms with Crippen LogP contribution in [-0.2, 0) is 0 Å². The predicted octanol–water partition coefficient (Wildman–Crippen LogP) is 0.192. The molecule has 4 nitrogen and oxygen atoms in total. The van der Waals surface area contributed by atoms with Gasteiger partial charge in [-0.3, -0.25) is 0 Å². The van der Waals surface area contributed by atoms with Crippen molar-refractivity contribution in [2.45, 2.75) is 24.9 Å². The van der Waals surface area contributed by atoms with Gasteiger partial charge in [0, 0.05) is 18.3 Å². The van der Waals surface area contributed by atoms with Crippen LogP contribution in [-0.4, -0.2) is 41.2 Å². The Morgan fingerprint density at radius 2 is 2.38 bits per heavy atom. The summed E-state index contributed by atoms with van der Waals surface area (Å²) in [5, 5.41) is 2.98. The van der Waals surface area contributed by atoms with Crippen molar-refractivity contribution in [2.75, 3.05) is 18.2 Å². The van der Waals surface area contributed by atoms with Crippen LogP contribution in [0, 0.1) is 0 Å². The zero-order valence-electron chi connectivity index (χ0n) is 7.53. The summed E-state index contributed by atoms with van der Waals surface area (Å²) in [6, 6.07) is 0.753. The minimum absolute atomic E-state index is 0.0722. The minimum Gasteiger partial charge on any atom is -0.335 e. The van der Waals surface area contributed by atoms with Gasteiger partial charge in [-0.05, 0) is 12.8 Å². The smallest absolute Gasteiger partial charge is 0.318 e. The molecule has 0 aromatic carbocycles. The molecule has 74 valence electrons. The highest BCUT2D eigenvalue weighted by molar-refractivity contribution is 7.99. The molecular formula is C8H15N3OS. The SMILES string of the molecule is NCC1CSCN1C(=O)NC1CC1. The van der Waals surface area contributed by atoms with Crippen LogP contribution in [0.5, 0.6) is 0 Å². The summed E-state index contributed by atoms with van der Waals surface area (Å²) < 4.78 is 0. The fourth-order valence-electron chi connectivity index (χ4n) is 1.39. The molecule has 1 aliphatic heterocycles. The monoisotopic (exact) mass is 201 g/mol. The highest BCUT2D eigenvalue weighted by Gasteiger charge is 2.31. The van der Waals surface area contributed by atoms with Crippen LogP contribution in [0.1, 0.15) is 12.8 Å². The number of hydrogen-bond donors (Lipinski definition) is 2. The third-order valence-corrected chi connectivity index (χ3v) is 3.50. The summed E-state index contributed by atoms with van der Waals surface area (Å²) in [5.41, 5.74) is 5.57. The molecule has 2 amide bonds. The van der Waals surface area contributed by atoms with E-state index < -0.39 is 0 Å². The van der Waals surface area contributed by atoms with Gasteiger partial charge in [-0.15, -0.1) is 11.8 Å². The lowest BCUT2D eigenvalue weighted by atomic mass is 10.3. The molecular weight excluding hydrogens is 186 g/mol. The average Bonchev–Trinajstić information content (AvgIpc) is 2.82. The summed E-state index contributed by atoms with van der Waals surface area (Å²) in [6.45, 7) is 0.574. The van der Waals surface area contributed by atoms with Crippen LogP contribution >= 0.6 is 11.8 Å². The zero-order chi connectivity index (χ0) is 9.26. The van der Waals surface area contributed by atoms with E-state index in [9.17, 15) is 4.79 Å². The number of urea groups is 1. The van der Waals surface area contributed by atoms with E-state index in [2.05, 4.69) is 5.32 Å². The second-order valence-corrected chi connectivity index (χ2v) is 4.58. The molecule has 5 heteroatoms. The van der Waals surface area contributed by atoms with Gasteiger partial charge in [0.05, 0.1) is 11.9 Å². The van der Waals surface area contributed by atoms with Gasteiger partial charge < -0.3 is 16.0 Å². The van der Waals surface area contributed by atoms with Crippen molar-refractivity contribution >= 4 is 17.8 Å². The number of amides is 2. The van der Waals surface area contributed by atoms with Gasteiger partial charge in [0.1, 0.15) is 0 Å². The Morgan fingerprint density at radius 3 is 3.00 bits per heavy atom. The molecule has 1 saturated carbocycles. The Hall–Kier alpha value is -0.420. The Bertz CT molecular complexity index is 208. The first-order chi connectivity index (χ1) is 6.31. The Balaban J connectivity index is 1.86. The third kappa shape index (κ3) is 2.08. The van der Waals surface area contributed by atoms with Crippen molar-refractivity contribution in [3.8, 4) is 0 Å². The normalized spacial score (nSPS) is 27.8. The molecule has 2 aliphatic rings. The van der Waals surface area contributed by atoms with Gasteiger partial charge in [-0.2, -0.15) is 0 Å². The molecule has 1 saturated heterocycles. The van der Waals surface area contributed by atoms with Crippen molar-refractivity contribution in [1.82, 2.24) is 10.2 Å².